The Kier molecular flexibility index (Phi) is 3.62. The standard InChI is InChI=1S/C15H21N3O/c1-15(2,3)10-5-6-13(19-4)11(7-10)14-12(8-16)17-9-18-14/h5-7,9H,8,16H2,1-4H3,(H,17,18). The number of hydrogen-bond acceptors (Lipinski definition) is 3. The predicted octanol–water partition coefficient (Wildman–Crippen LogP) is 2.84. The maximum absolute atomic E-state index is 5.74. The van der Waals surface area contributed by atoms with Crippen LogP contribution in [0, 0.1) is 0 Å². The van der Waals surface area contributed by atoms with Gasteiger partial charge in [-0.3, -0.25) is 0 Å². The number of nitrogens with two attached hydrogens (primary N) is 1. The van der Waals surface area contributed by atoms with Gasteiger partial charge in [0.05, 0.1) is 24.8 Å². The van der Waals surface area contributed by atoms with Crippen LogP contribution in [0.4, 0.5) is 0 Å². The summed E-state index contributed by atoms with van der Waals surface area (Å²) in [4.78, 5) is 7.45. The molecule has 0 unspecified atom stereocenters. The molecule has 2 aromatic rings. The smallest absolute Gasteiger partial charge is 0.128 e. The molecule has 1 aromatic heterocycles. The van der Waals surface area contributed by atoms with Crippen LogP contribution in [0.5, 0.6) is 5.75 Å². The quantitative estimate of drug-likeness (QED) is 0.890. The van der Waals surface area contributed by atoms with Crippen LogP contribution in [0.3, 0.4) is 0 Å². The summed E-state index contributed by atoms with van der Waals surface area (Å²) in [7, 11) is 1.67. The minimum absolute atomic E-state index is 0.0835. The van der Waals surface area contributed by atoms with Crippen molar-refractivity contribution >= 4 is 0 Å². The monoisotopic (exact) mass is 259 g/mol. The Morgan fingerprint density at radius 1 is 1.32 bits per heavy atom. The van der Waals surface area contributed by atoms with Crippen molar-refractivity contribution in [3.63, 3.8) is 0 Å². The number of nitrogens with one attached hydrogen (secondary N) is 1. The van der Waals surface area contributed by atoms with E-state index in [1.807, 2.05) is 6.07 Å². The Morgan fingerprint density at radius 2 is 2.05 bits per heavy atom. The third kappa shape index (κ3) is 2.63. The average molecular weight is 259 g/mol. The van der Waals surface area contributed by atoms with Crippen molar-refractivity contribution in [2.24, 2.45) is 5.73 Å². The highest BCUT2D eigenvalue weighted by atomic mass is 16.5. The molecule has 0 spiro atoms. The van der Waals surface area contributed by atoms with Crippen LogP contribution in [-0.2, 0) is 12.0 Å². The van der Waals surface area contributed by atoms with Gasteiger partial charge in [0.1, 0.15) is 5.75 Å². The molecule has 0 bridgehead atoms. The van der Waals surface area contributed by atoms with Crippen molar-refractivity contribution in [3.05, 3.63) is 35.8 Å². The molecule has 0 amide bonds. The van der Waals surface area contributed by atoms with Crippen molar-refractivity contribution in [2.45, 2.75) is 32.7 Å². The molecule has 0 radical (unpaired) electrons. The van der Waals surface area contributed by atoms with Gasteiger partial charge in [0.2, 0.25) is 0 Å². The lowest BCUT2D eigenvalue weighted by Crippen LogP contribution is -2.11. The first kappa shape index (κ1) is 13.6. The molecule has 0 aliphatic rings. The number of imidazole rings is 1. The lowest BCUT2D eigenvalue weighted by Gasteiger charge is -2.21. The maximum Gasteiger partial charge on any atom is 0.128 e. The second-order valence-corrected chi connectivity index (χ2v) is 5.60. The largest absolute Gasteiger partial charge is 0.496 e. The third-order valence-corrected chi connectivity index (χ3v) is 3.24. The molecule has 4 nitrogen and oxygen atoms in total. The fraction of sp³-hybridized carbons (Fsp3) is 0.400. The number of hydrogen-bond donors (Lipinski definition) is 2. The molecule has 102 valence electrons. The molecule has 4 heteroatoms. The number of methoxy groups -OCH3 is 1. The van der Waals surface area contributed by atoms with E-state index >= 15 is 0 Å². The van der Waals surface area contributed by atoms with Gasteiger partial charge < -0.3 is 15.5 Å². The van der Waals surface area contributed by atoms with Crippen molar-refractivity contribution in [2.75, 3.05) is 7.11 Å². The molecule has 0 saturated heterocycles. The molecule has 2 rings (SSSR count). The Balaban J connectivity index is 2.60. The summed E-state index contributed by atoms with van der Waals surface area (Å²) in [6.45, 7) is 6.99. The number of aromatic nitrogens is 2. The molecule has 1 aromatic carbocycles. The van der Waals surface area contributed by atoms with Gasteiger partial charge in [0.25, 0.3) is 0 Å². The second kappa shape index (κ2) is 5.05. The topological polar surface area (TPSA) is 63.9 Å². The lowest BCUT2D eigenvalue weighted by atomic mass is 9.85. The highest BCUT2D eigenvalue weighted by Gasteiger charge is 2.18. The molecule has 19 heavy (non-hydrogen) atoms. The van der Waals surface area contributed by atoms with E-state index in [-0.39, 0.29) is 5.41 Å². The van der Waals surface area contributed by atoms with Crippen LogP contribution >= 0.6 is 0 Å². The van der Waals surface area contributed by atoms with Gasteiger partial charge in [-0.15, -0.1) is 0 Å². The molecule has 0 fully saturated rings. The fourth-order valence-electron chi connectivity index (χ4n) is 2.07. The molecular weight excluding hydrogens is 238 g/mol. The van der Waals surface area contributed by atoms with Crippen LogP contribution in [0.1, 0.15) is 32.0 Å². The van der Waals surface area contributed by atoms with Crippen LogP contribution in [0.15, 0.2) is 24.5 Å². The Bertz CT molecular complexity index is 567. The van der Waals surface area contributed by atoms with Crippen molar-refractivity contribution in [3.8, 4) is 17.0 Å². The summed E-state index contributed by atoms with van der Waals surface area (Å²) in [5, 5.41) is 0. The molecule has 1 heterocycles. The van der Waals surface area contributed by atoms with Crippen LogP contribution in [0.25, 0.3) is 11.3 Å². The molecule has 0 saturated carbocycles. The van der Waals surface area contributed by atoms with Crippen LogP contribution in [0.2, 0.25) is 0 Å². The summed E-state index contributed by atoms with van der Waals surface area (Å²) in [6.07, 6.45) is 1.67. The summed E-state index contributed by atoms with van der Waals surface area (Å²) >= 11 is 0. The second-order valence-electron chi connectivity index (χ2n) is 5.60. The zero-order valence-corrected chi connectivity index (χ0v) is 11.9. The highest BCUT2D eigenvalue weighted by molar-refractivity contribution is 5.70. The van der Waals surface area contributed by atoms with Crippen LogP contribution in [-0.4, -0.2) is 17.1 Å². The van der Waals surface area contributed by atoms with E-state index in [1.165, 1.54) is 5.56 Å². The normalized spacial score (nSPS) is 11.6. The summed E-state index contributed by atoms with van der Waals surface area (Å²) in [5.41, 5.74) is 9.83. The summed E-state index contributed by atoms with van der Waals surface area (Å²) in [5.74, 6) is 0.815. The van der Waals surface area contributed by atoms with Gasteiger partial charge in [-0.2, -0.15) is 0 Å². The molecule has 0 aliphatic carbocycles. The van der Waals surface area contributed by atoms with Gasteiger partial charge in [0.15, 0.2) is 0 Å². The Labute approximate surface area is 114 Å². The predicted molar refractivity (Wildman–Crippen MR) is 77.2 cm³/mol. The van der Waals surface area contributed by atoms with Gasteiger partial charge >= 0.3 is 0 Å². The van der Waals surface area contributed by atoms with Gasteiger partial charge in [-0.05, 0) is 23.1 Å². The Hall–Kier alpha value is -1.81. The first-order valence-electron chi connectivity index (χ1n) is 6.38. The van der Waals surface area contributed by atoms with E-state index in [2.05, 4.69) is 42.9 Å². The van der Waals surface area contributed by atoms with Crippen LogP contribution < -0.4 is 10.5 Å². The van der Waals surface area contributed by atoms with Gasteiger partial charge in [-0.25, -0.2) is 4.98 Å². The first-order valence-corrected chi connectivity index (χ1v) is 6.38. The minimum Gasteiger partial charge on any atom is -0.496 e. The van der Waals surface area contributed by atoms with Crippen molar-refractivity contribution in [1.82, 2.24) is 9.97 Å². The zero-order valence-electron chi connectivity index (χ0n) is 11.9. The number of benzene rings is 1. The van der Waals surface area contributed by atoms with E-state index in [0.717, 1.165) is 22.7 Å². The molecule has 0 aliphatic heterocycles. The van der Waals surface area contributed by atoms with Crippen molar-refractivity contribution in [1.29, 1.82) is 0 Å². The third-order valence-electron chi connectivity index (χ3n) is 3.24. The number of nitrogens with zero attached hydrogens (tertiary/aromatic N) is 1. The number of H-pyrrole nitrogens is 1. The van der Waals surface area contributed by atoms with E-state index < -0.39 is 0 Å². The molecule has 3 N–H and O–H groups in total. The van der Waals surface area contributed by atoms with E-state index in [0.29, 0.717) is 6.54 Å². The van der Waals surface area contributed by atoms with E-state index in [1.54, 1.807) is 13.4 Å². The van der Waals surface area contributed by atoms with Crippen molar-refractivity contribution < 1.29 is 4.74 Å². The van der Waals surface area contributed by atoms with E-state index in [4.69, 9.17) is 10.5 Å². The average Bonchev–Trinajstić information content (AvgIpc) is 2.85. The molecular formula is C15H21N3O. The zero-order chi connectivity index (χ0) is 14.0. The fourth-order valence-corrected chi connectivity index (χ4v) is 2.07. The van der Waals surface area contributed by atoms with E-state index in [9.17, 15) is 0 Å². The molecule has 0 atom stereocenters. The van der Waals surface area contributed by atoms with Gasteiger partial charge in [-0.1, -0.05) is 26.8 Å². The van der Waals surface area contributed by atoms with Gasteiger partial charge in [0, 0.05) is 12.1 Å². The number of rotatable bonds is 3. The summed E-state index contributed by atoms with van der Waals surface area (Å²) < 4.78 is 5.44. The minimum atomic E-state index is 0.0835. The first-order chi connectivity index (χ1) is 8.97. The number of ether oxygens (including phenoxy) is 1. The Morgan fingerprint density at radius 3 is 2.63 bits per heavy atom. The highest BCUT2D eigenvalue weighted by Crippen LogP contribution is 2.34. The summed E-state index contributed by atoms with van der Waals surface area (Å²) in [6, 6.07) is 6.22. The number of aromatic amines is 1. The SMILES string of the molecule is COc1ccc(C(C)(C)C)cc1-c1nc[nH]c1CN. The lowest BCUT2D eigenvalue weighted by molar-refractivity contribution is 0.415. The maximum atomic E-state index is 5.74.